The number of rotatable bonds is 7. The van der Waals surface area contributed by atoms with E-state index >= 15 is 0 Å². The van der Waals surface area contributed by atoms with Crippen LogP contribution in [0.15, 0.2) is 67.3 Å². The molecule has 0 spiro atoms. The molecule has 1 aromatic heterocycles. The van der Waals surface area contributed by atoms with Crippen LogP contribution in [0.4, 0.5) is 0 Å². The minimum atomic E-state index is 0.0182. The van der Waals surface area contributed by atoms with Crippen molar-refractivity contribution in [2.24, 2.45) is 0 Å². The Morgan fingerprint density at radius 3 is 2.54 bits per heavy atom. The second-order valence-electron chi connectivity index (χ2n) is 6.09. The molecule has 0 bridgehead atoms. The molecule has 6 heteroatoms. The molecule has 3 rings (SSSR count). The van der Waals surface area contributed by atoms with Crippen LogP contribution in [-0.4, -0.2) is 38.4 Å². The molecule has 0 unspecified atom stereocenters. The quantitative estimate of drug-likeness (QED) is 0.639. The van der Waals surface area contributed by atoms with Crippen molar-refractivity contribution >= 4 is 17.7 Å². The minimum Gasteiger partial charge on any atom is -0.338 e. The fourth-order valence-corrected chi connectivity index (χ4v) is 3.53. The van der Waals surface area contributed by atoms with Crippen LogP contribution in [0.3, 0.4) is 0 Å². The van der Waals surface area contributed by atoms with Crippen molar-refractivity contribution in [3.05, 3.63) is 78.4 Å². The summed E-state index contributed by atoms with van der Waals surface area (Å²) in [5, 5.41) is 4.12. The van der Waals surface area contributed by atoms with E-state index in [2.05, 4.69) is 22.2 Å². The largest absolute Gasteiger partial charge is 0.338 e. The molecular formula is C20H22N4OS. The lowest BCUT2D eigenvalue weighted by atomic mass is 10.1. The van der Waals surface area contributed by atoms with Gasteiger partial charge in [0.05, 0.1) is 17.5 Å². The van der Waals surface area contributed by atoms with Crippen molar-refractivity contribution in [3.8, 4) is 5.69 Å². The zero-order valence-electron chi connectivity index (χ0n) is 14.9. The van der Waals surface area contributed by atoms with Gasteiger partial charge in [-0.05, 0) is 30.2 Å². The van der Waals surface area contributed by atoms with Gasteiger partial charge < -0.3 is 4.90 Å². The van der Waals surface area contributed by atoms with Crippen molar-refractivity contribution in [2.45, 2.75) is 18.7 Å². The summed E-state index contributed by atoms with van der Waals surface area (Å²) in [4.78, 5) is 18.2. The molecule has 0 N–H and O–H groups in total. The zero-order chi connectivity index (χ0) is 18.4. The van der Waals surface area contributed by atoms with Crippen LogP contribution in [0.2, 0.25) is 0 Å². The van der Waals surface area contributed by atoms with E-state index in [1.165, 1.54) is 11.9 Å². The SMILES string of the molecule is C[C@@H](c1ccc(-n2cncn2)cc1)N(C)C(=O)CSCc1ccccc1. The van der Waals surface area contributed by atoms with Gasteiger partial charge in [0.25, 0.3) is 0 Å². The summed E-state index contributed by atoms with van der Waals surface area (Å²) in [6, 6.07) is 18.3. The molecule has 0 aliphatic heterocycles. The van der Waals surface area contributed by atoms with E-state index < -0.39 is 0 Å². The minimum absolute atomic E-state index is 0.0182. The lowest BCUT2D eigenvalue weighted by molar-refractivity contribution is -0.128. The summed E-state index contributed by atoms with van der Waals surface area (Å²) in [6.45, 7) is 2.05. The lowest BCUT2D eigenvalue weighted by Gasteiger charge is -2.25. The van der Waals surface area contributed by atoms with Crippen LogP contribution in [-0.2, 0) is 10.5 Å². The van der Waals surface area contributed by atoms with Gasteiger partial charge in [0, 0.05) is 12.8 Å². The first-order chi connectivity index (χ1) is 12.6. The third kappa shape index (κ3) is 4.52. The summed E-state index contributed by atoms with van der Waals surface area (Å²) >= 11 is 1.65. The first-order valence-corrected chi connectivity index (χ1v) is 9.63. The smallest absolute Gasteiger partial charge is 0.232 e. The monoisotopic (exact) mass is 366 g/mol. The van der Waals surface area contributed by atoms with Gasteiger partial charge in [-0.15, -0.1) is 11.8 Å². The Balaban J connectivity index is 1.54. The molecule has 3 aromatic rings. The zero-order valence-corrected chi connectivity index (χ0v) is 15.8. The number of hydrogen-bond donors (Lipinski definition) is 0. The highest BCUT2D eigenvalue weighted by molar-refractivity contribution is 7.99. The second kappa shape index (κ2) is 8.67. The Hall–Kier alpha value is -2.60. The maximum Gasteiger partial charge on any atom is 0.232 e. The molecule has 0 saturated heterocycles. The van der Waals surface area contributed by atoms with Gasteiger partial charge in [0.15, 0.2) is 0 Å². The maximum absolute atomic E-state index is 12.5. The van der Waals surface area contributed by atoms with E-state index in [4.69, 9.17) is 0 Å². The maximum atomic E-state index is 12.5. The molecule has 134 valence electrons. The third-order valence-corrected chi connectivity index (χ3v) is 5.36. The van der Waals surface area contributed by atoms with Crippen LogP contribution >= 0.6 is 11.8 Å². The first kappa shape index (κ1) is 18.2. The normalized spacial score (nSPS) is 11.9. The molecule has 1 atom stereocenters. The average molecular weight is 366 g/mol. The molecule has 0 saturated carbocycles. The van der Waals surface area contributed by atoms with Crippen LogP contribution in [0.1, 0.15) is 24.1 Å². The van der Waals surface area contributed by atoms with Crippen molar-refractivity contribution in [3.63, 3.8) is 0 Å². The van der Waals surface area contributed by atoms with Crippen molar-refractivity contribution < 1.29 is 4.79 Å². The van der Waals surface area contributed by atoms with Crippen LogP contribution in [0.5, 0.6) is 0 Å². The fraction of sp³-hybridized carbons (Fsp3) is 0.250. The van der Waals surface area contributed by atoms with Crippen LogP contribution in [0, 0.1) is 0 Å². The Bertz CT molecular complexity index is 819. The number of aromatic nitrogens is 3. The number of thioether (sulfide) groups is 1. The van der Waals surface area contributed by atoms with Gasteiger partial charge >= 0.3 is 0 Å². The molecule has 0 fully saturated rings. The highest BCUT2D eigenvalue weighted by Gasteiger charge is 2.17. The Morgan fingerprint density at radius 1 is 1.15 bits per heavy atom. The molecule has 1 amide bonds. The summed E-state index contributed by atoms with van der Waals surface area (Å²) in [6.07, 6.45) is 3.17. The van der Waals surface area contributed by atoms with Gasteiger partial charge in [-0.2, -0.15) is 5.10 Å². The highest BCUT2D eigenvalue weighted by atomic mass is 32.2. The van der Waals surface area contributed by atoms with Gasteiger partial charge in [-0.3, -0.25) is 4.79 Å². The summed E-state index contributed by atoms with van der Waals surface area (Å²) in [7, 11) is 1.86. The third-order valence-electron chi connectivity index (χ3n) is 4.37. The number of carbonyl (C=O) groups is 1. The van der Waals surface area contributed by atoms with Crippen molar-refractivity contribution in [2.75, 3.05) is 12.8 Å². The topological polar surface area (TPSA) is 51.0 Å². The molecule has 1 heterocycles. The van der Waals surface area contributed by atoms with Gasteiger partial charge in [-0.1, -0.05) is 42.5 Å². The van der Waals surface area contributed by atoms with E-state index in [0.29, 0.717) is 5.75 Å². The predicted octanol–water partition coefficient (Wildman–Crippen LogP) is 3.72. The molecule has 0 aliphatic rings. The standard InChI is InChI=1S/C20H22N4OS/c1-16(18-8-10-19(11-9-18)24-15-21-14-22-24)23(2)20(25)13-26-12-17-6-4-3-5-7-17/h3-11,14-16H,12-13H2,1-2H3/t16-/m0/s1. The van der Waals surface area contributed by atoms with Crippen molar-refractivity contribution in [1.82, 2.24) is 19.7 Å². The van der Waals surface area contributed by atoms with E-state index in [-0.39, 0.29) is 11.9 Å². The van der Waals surface area contributed by atoms with Gasteiger partial charge in [-0.25, -0.2) is 9.67 Å². The molecule has 2 aromatic carbocycles. The van der Waals surface area contributed by atoms with E-state index in [1.54, 1.807) is 22.8 Å². The number of nitrogens with zero attached hydrogens (tertiary/aromatic N) is 4. The van der Waals surface area contributed by atoms with Crippen molar-refractivity contribution in [1.29, 1.82) is 0 Å². The van der Waals surface area contributed by atoms with Gasteiger partial charge in [0.2, 0.25) is 5.91 Å². The van der Waals surface area contributed by atoms with E-state index in [1.807, 2.05) is 61.3 Å². The number of hydrogen-bond acceptors (Lipinski definition) is 4. The summed E-state index contributed by atoms with van der Waals surface area (Å²) in [5.41, 5.74) is 3.29. The Labute approximate surface area is 158 Å². The molecule has 26 heavy (non-hydrogen) atoms. The lowest BCUT2D eigenvalue weighted by Crippen LogP contribution is -2.31. The summed E-state index contributed by atoms with van der Waals surface area (Å²) in [5.74, 6) is 1.47. The first-order valence-electron chi connectivity index (χ1n) is 8.47. The average Bonchev–Trinajstić information content (AvgIpc) is 3.22. The highest BCUT2D eigenvalue weighted by Crippen LogP contribution is 2.21. The molecular weight excluding hydrogens is 344 g/mol. The van der Waals surface area contributed by atoms with Crippen LogP contribution < -0.4 is 0 Å². The Kier molecular flexibility index (Phi) is 6.07. The predicted molar refractivity (Wildman–Crippen MR) is 105 cm³/mol. The number of benzene rings is 2. The Morgan fingerprint density at radius 2 is 1.88 bits per heavy atom. The summed E-state index contributed by atoms with van der Waals surface area (Å²) < 4.78 is 1.71. The van der Waals surface area contributed by atoms with Crippen LogP contribution in [0.25, 0.3) is 5.69 Å². The fourth-order valence-electron chi connectivity index (χ4n) is 2.62. The van der Waals surface area contributed by atoms with E-state index in [0.717, 1.165) is 17.0 Å². The number of carbonyl (C=O) groups excluding carboxylic acids is 1. The van der Waals surface area contributed by atoms with E-state index in [9.17, 15) is 4.79 Å². The molecule has 0 aliphatic carbocycles. The second-order valence-corrected chi connectivity index (χ2v) is 7.08. The molecule has 0 radical (unpaired) electrons. The number of amides is 1. The van der Waals surface area contributed by atoms with Gasteiger partial charge in [0.1, 0.15) is 12.7 Å². The molecule has 5 nitrogen and oxygen atoms in total.